The summed E-state index contributed by atoms with van der Waals surface area (Å²) in [5.41, 5.74) is 1.20. The van der Waals surface area contributed by atoms with Crippen LogP contribution in [0.15, 0.2) is 18.2 Å². The molecule has 1 aromatic rings. The summed E-state index contributed by atoms with van der Waals surface area (Å²) in [7, 11) is 1.68. The van der Waals surface area contributed by atoms with Crippen molar-refractivity contribution >= 4 is 11.6 Å². The summed E-state index contributed by atoms with van der Waals surface area (Å²) in [5, 5.41) is 0.744. The highest BCUT2D eigenvalue weighted by molar-refractivity contribution is 6.30. The Balaban J connectivity index is 2.43. The Morgan fingerprint density at radius 1 is 1.43 bits per heavy atom. The lowest BCUT2D eigenvalue weighted by Crippen LogP contribution is -2.44. The first kappa shape index (κ1) is 9.81. The number of hydrogen-bond acceptors (Lipinski definition) is 2. The van der Waals surface area contributed by atoms with Gasteiger partial charge in [-0.1, -0.05) is 18.5 Å². The number of rotatable bonds is 2. The summed E-state index contributed by atoms with van der Waals surface area (Å²) in [5.74, 6) is 0.889. The van der Waals surface area contributed by atoms with E-state index in [2.05, 4.69) is 6.92 Å². The minimum Gasteiger partial charge on any atom is -0.496 e. The Labute approximate surface area is 88.8 Å². The zero-order valence-electron chi connectivity index (χ0n) is 8.34. The predicted molar refractivity (Wildman–Crippen MR) is 56.2 cm³/mol. The van der Waals surface area contributed by atoms with Gasteiger partial charge >= 0.3 is 0 Å². The fourth-order valence-corrected chi connectivity index (χ4v) is 1.89. The highest BCUT2D eigenvalue weighted by Gasteiger charge is 2.37. The van der Waals surface area contributed by atoms with Gasteiger partial charge in [-0.2, -0.15) is 0 Å². The van der Waals surface area contributed by atoms with E-state index in [1.807, 2.05) is 18.2 Å². The van der Waals surface area contributed by atoms with Crippen molar-refractivity contribution in [1.82, 2.24) is 0 Å². The van der Waals surface area contributed by atoms with E-state index in [0.29, 0.717) is 0 Å². The Bertz CT molecular complexity index is 345. The molecular formula is C11H13ClO2. The molecule has 0 aliphatic carbocycles. The molecule has 3 heteroatoms. The van der Waals surface area contributed by atoms with Gasteiger partial charge in [0.15, 0.2) is 0 Å². The molecule has 0 saturated carbocycles. The lowest BCUT2D eigenvalue weighted by Gasteiger charge is -2.39. The largest absolute Gasteiger partial charge is 0.496 e. The fourth-order valence-electron chi connectivity index (χ4n) is 1.72. The Kier molecular flexibility index (Phi) is 2.41. The summed E-state index contributed by atoms with van der Waals surface area (Å²) < 4.78 is 10.5. The number of benzene rings is 1. The van der Waals surface area contributed by atoms with E-state index in [9.17, 15) is 0 Å². The SMILES string of the molecule is COc1ccc(Cl)cc1C1(C)COC1. The minimum atomic E-state index is 0.0657. The lowest BCUT2D eigenvalue weighted by molar-refractivity contribution is -0.0509. The summed E-state index contributed by atoms with van der Waals surface area (Å²) >= 11 is 5.96. The third-order valence-electron chi connectivity index (χ3n) is 2.65. The standard InChI is InChI=1S/C11H13ClO2/c1-11(6-14-7-11)9-5-8(12)3-4-10(9)13-2/h3-5H,6-7H2,1-2H3. The van der Waals surface area contributed by atoms with E-state index < -0.39 is 0 Å². The normalized spacial score (nSPS) is 18.8. The van der Waals surface area contributed by atoms with Crippen LogP contribution < -0.4 is 4.74 Å². The van der Waals surface area contributed by atoms with E-state index in [4.69, 9.17) is 21.1 Å². The van der Waals surface area contributed by atoms with Gasteiger partial charge in [0.2, 0.25) is 0 Å². The molecule has 1 fully saturated rings. The van der Waals surface area contributed by atoms with E-state index in [0.717, 1.165) is 29.5 Å². The first-order valence-corrected chi connectivity index (χ1v) is 4.95. The van der Waals surface area contributed by atoms with Crippen LogP contribution in [0.5, 0.6) is 5.75 Å². The first-order valence-electron chi connectivity index (χ1n) is 4.57. The van der Waals surface area contributed by atoms with Gasteiger partial charge in [0, 0.05) is 16.0 Å². The molecule has 0 atom stereocenters. The van der Waals surface area contributed by atoms with Gasteiger partial charge in [0.1, 0.15) is 5.75 Å². The van der Waals surface area contributed by atoms with Crippen LogP contribution in [-0.4, -0.2) is 20.3 Å². The third kappa shape index (κ3) is 1.49. The molecule has 76 valence electrons. The second-order valence-corrected chi connectivity index (χ2v) is 4.33. The second kappa shape index (κ2) is 3.44. The van der Waals surface area contributed by atoms with Crippen LogP contribution >= 0.6 is 11.6 Å². The number of methoxy groups -OCH3 is 1. The number of ether oxygens (including phenoxy) is 2. The molecule has 0 bridgehead atoms. The molecule has 2 rings (SSSR count). The molecule has 1 aliphatic heterocycles. The van der Waals surface area contributed by atoms with E-state index in [1.165, 1.54) is 0 Å². The van der Waals surface area contributed by atoms with Crippen molar-refractivity contribution in [3.63, 3.8) is 0 Å². The molecule has 0 radical (unpaired) electrons. The van der Waals surface area contributed by atoms with Gasteiger partial charge in [-0.25, -0.2) is 0 Å². The van der Waals surface area contributed by atoms with Gasteiger partial charge in [-0.15, -0.1) is 0 Å². The van der Waals surface area contributed by atoms with Gasteiger partial charge in [0.05, 0.1) is 20.3 Å². The second-order valence-electron chi connectivity index (χ2n) is 3.90. The minimum absolute atomic E-state index is 0.0657. The predicted octanol–water partition coefficient (Wildman–Crippen LogP) is 2.64. The molecular weight excluding hydrogens is 200 g/mol. The average Bonchev–Trinajstić information content (AvgIpc) is 2.14. The van der Waals surface area contributed by atoms with Crippen molar-refractivity contribution in [2.75, 3.05) is 20.3 Å². The summed E-state index contributed by atoms with van der Waals surface area (Å²) in [6, 6.07) is 5.71. The van der Waals surface area contributed by atoms with Crippen LogP contribution in [-0.2, 0) is 10.2 Å². The summed E-state index contributed by atoms with van der Waals surface area (Å²) in [6.45, 7) is 3.64. The van der Waals surface area contributed by atoms with Crippen molar-refractivity contribution in [2.45, 2.75) is 12.3 Å². The molecule has 0 aromatic heterocycles. The van der Waals surface area contributed by atoms with E-state index >= 15 is 0 Å². The van der Waals surface area contributed by atoms with Crippen molar-refractivity contribution in [3.8, 4) is 5.75 Å². The highest BCUT2D eigenvalue weighted by atomic mass is 35.5. The molecule has 1 saturated heterocycles. The maximum absolute atomic E-state index is 5.96. The van der Waals surface area contributed by atoms with Crippen LogP contribution in [0.25, 0.3) is 0 Å². The van der Waals surface area contributed by atoms with Gasteiger partial charge < -0.3 is 9.47 Å². The first-order chi connectivity index (χ1) is 6.65. The molecule has 0 N–H and O–H groups in total. The molecule has 1 heterocycles. The summed E-state index contributed by atoms with van der Waals surface area (Å²) in [6.07, 6.45) is 0. The molecule has 1 aliphatic rings. The van der Waals surface area contributed by atoms with Gasteiger partial charge in [-0.05, 0) is 18.2 Å². The summed E-state index contributed by atoms with van der Waals surface area (Å²) in [4.78, 5) is 0. The van der Waals surface area contributed by atoms with Crippen molar-refractivity contribution < 1.29 is 9.47 Å². The molecule has 0 amide bonds. The van der Waals surface area contributed by atoms with E-state index in [1.54, 1.807) is 7.11 Å². The quantitative estimate of drug-likeness (QED) is 0.751. The fraction of sp³-hybridized carbons (Fsp3) is 0.455. The van der Waals surface area contributed by atoms with Crippen molar-refractivity contribution in [2.24, 2.45) is 0 Å². The third-order valence-corrected chi connectivity index (χ3v) is 2.89. The molecule has 14 heavy (non-hydrogen) atoms. The highest BCUT2D eigenvalue weighted by Crippen LogP contribution is 2.38. The van der Waals surface area contributed by atoms with Gasteiger partial charge in [0.25, 0.3) is 0 Å². The average molecular weight is 213 g/mol. The Hall–Kier alpha value is -0.730. The molecule has 0 unspecified atom stereocenters. The number of hydrogen-bond donors (Lipinski definition) is 0. The molecule has 0 spiro atoms. The zero-order chi connectivity index (χ0) is 10.2. The van der Waals surface area contributed by atoms with Crippen molar-refractivity contribution in [1.29, 1.82) is 0 Å². The Morgan fingerprint density at radius 3 is 2.64 bits per heavy atom. The molecule has 2 nitrogen and oxygen atoms in total. The van der Waals surface area contributed by atoms with Gasteiger partial charge in [-0.3, -0.25) is 0 Å². The van der Waals surface area contributed by atoms with Crippen LogP contribution in [0, 0.1) is 0 Å². The molecule has 1 aromatic carbocycles. The maximum Gasteiger partial charge on any atom is 0.122 e. The van der Waals surface area contributed by atoms with Crippen LogP contribution in [0.2, 0.25) is 5.02 Å². The van der Waals surface area contributed by atoms with Crippen molar-refractivity contribution in [3.05, 3.63) is 28.8 Å². The zero-order valence-corrected chi connectivity index (χ0v) is 9.10. The smallest absolute Gasteiger partial charge is 0.122 e. The van der Waals surface area contributed by atoms with Crippen LogP contribution in [0.3, 0.4) is 0 Å². The maximum atomic E-state index is 5.96. The van der Waals surface area contributed by atoms with E-state index in [-0.39, 0.29) is 5.41 Å². The van der Waals surface area contributed by atoms with Crippen LogP contribution in [0.4, 0.5) is 0 Å². The van der Waals surface area contributed by atoms with Crippen LogP contribution in [0.1, 0.15) is 12.5 Å². The lowest BCUT2D eigenvalue weighted by atomic mass is 9.80. The number of halogens is 1. The Morgan fingerprint density at radius 2 is 2.14 bits per heavy atom. The monoisotopic (exact) mass is 212 g/mol. The topological polar surface area (TPSA) is 18.5 Å².